The average molecular weight is 385 g/mol. The molecule has 1 aliphatic rings. The van der Waals surface area contributed by atoms with E-state index in [4.69, 9.17) is 4.98 Å². The molecule has 0 bridgehead atoms. The summed E-state index contributed by atoms with van der Waals surface area (Å²) in [4.78, 5) is 5.03. The zero-order valence-corrected chi connectivity index (χ0v) is 17.3. The van der Waals surface area contributed by atoms with Crippen LogP contribution in [0.25, 0.3) is 11.3 Å². The number of nitriles is 1. The van der Waals surface area contributed by atoms with Crippen molar-refractivity contribution in [2.24, 2.45) is 0 Å². The molecule has 1 aromatic heterocycles. The minimum atomic E-state index is 0.795. The highest BCUT2D eigenvalue weighted by Crippen LogP contribution is 2.37. The van der Waals surface area contributed by atoms with E-state index in [0.29, 0.717) is 0 Å². The van der Waals surface area contributed by atoms with Gasteiger partial charge in [-0.25, -0.2) is 4.98 Å². The molecule has 0 amide bonds. The second kappa shape index (κ2) is 8.20. The highest BCUT2D eigenvalue weighted by atomic mass is 32.2. The summed E-state index contributed by atoms with van der Waals surface area (Å²) in [6.45, 7) is 4.22. The monoisotopic (exact) mass is 384 g/mol. The fourth-order valence-corrected chi connectivity index (χ4v) is 4.87. The Bertz CT molecular complexity index is 1050. The topological polar surface area (TPSA) is 36.7 Å². The van der Waals surface area contributed by atoms with Crippen molar-refractivity contribution in [3.63, 3.8) is 0 Å². The first kappa shape index (κ1) is 18.8. The quantitative estimate of drug-likeness (QED) is 0.488. The number of fused-ring (bicyclic) bond motifs is 1. The molecule has 0 aliphatic heterocycles. The number of pyridine rings is 1. The van der Waals surface area contributed by atoms with Crippen molar-refractivity contribution >= 4 is 11.8 Å². The molecule has 2 aromatic carbocycles. The van der Waals surface area contributed by atoms with Crippen LogP contribution in [0.3, 0.4) is 0 Å². The molecule has 0 atom stereocenters. The van der Waals surface area contributed by atoms with E-state index in [2.05, 4.69) is 68.4 Å². The lowest BCUT2D eigenvalue weighted by atomic mass is 9.86. The van der Waals surface area contributed by atoms with Gasteiger partial charge in [-0.15, -0.1) is 11.8 Å². The fourth-order valence-electron chi connectivity index (χ4n) is 3.92. The van der Waals surface area contributed by atoms with Crippen LogP contribution in [-0.4, -0.2) is 4.98 Å². The van der Waals surface area contributed by atoms with Crippen molar-refractivity contribution in [3.8, 4) is 17.3 Å². The van der Waals surface area contributed by atoms with Crippen LogP contribution >= 0.6 is 11.8 Å². The van der Waals surface area contributed by atoms with Gasteiger partial charge in [-0.05, 0) is 56.2 Å². The van der Waals surface area contributed by atoms with Crippen molar-refractivity contribution in [2.75, 3.05) is 0 Å². The van der Waals surface area contributed by atoms with Gasteiger partial charge in [-0.2, -0.15) is 5.26 Å². The SMILES string of the molecule is Cc1ccc(-c2nc(SCc3cccc(C)c3)c(C#N)c3c2CCCC3)cc1. The summed E-state index contributed by atoms with van der Waals surface area (Å²) in [6.07, 6.45) is 4.33. The fraction of sp³-hybridized carbons (Fsp3) is 0.280. The van der Waals surface area contributed by atoms with Gasteiger partial charge < -0.3 is 0 Å². The van der Waals surface area contributed by atoms with Crippen LogP contribution in [-0.2, 0) is 18.6 Å². The van der Waals surface area contributed by atoms with Crippen LogP contribution in [0.15, 0.2) is 53.6 Å². The van der Waals surface area contributed by atoms with Crippen molar-refractivity contribution in [1.29, 1.82) is 5.26 Å². The van der Waals surface area contributed by atoms with Crippen LogP contribution in [0, 0.1) is 25.2 Å². The smallest absolute Gasteiger partial charge is 0.115 e. The summed E-state index contributed by atoms with van der Waals surface area (Å²) in [5, 5.41) is 10.8. The van der Waals surface area contributed by atoms with E-state index in [-0.39, 0.29) is 0 Å². The molecule has 0 saturated carbocycles. The number of nitrogens with zero attached hydrogens (tertiary/aromatic N) is 2. The maximum atomic E-state index is 9.91. The third-order valence-electron chi connectivity index (χ3n) is 5.38. The zero-order valence-electron chi connectivity index (χ0n) is 16.5. The molecule has 140 valence electrons. The Morgan fingerprint density at radius 2 is 1.71 bits per heavy atom. The van der Waals surface area contributed by atoms with E-state index in [0.717, 1.165) is 46.9 Å². The maximum Gasteiger partial charge on any atom is 0.115 e. The molecule has 0 N–H and O–H groups in total. The van der Waals surface area contributed by atoms with E-state index in [9.17, 15) is 5.26 Å². The Labute approximate surface area is 171 Å². The van der Waals surface area contributed by atoms with E-state index < -0.39 is 0 Å². The van der Waals surface area contributed by atoms with Gasteiger partial charge in [0.1, 0.15) is 11.1 Å². The normalized spacial score (nSPS) is 13.0. The average Bonchev–Trinajstić information content (AvgIpc) is 2.72. The van der Waals surface area contributed by atoms with Crippen molar-refractivity contribution < 1.29 is 0 Å². The maximum absolute atomic E-state index is 9.91. The number of aromatic nitrogens is 1. The molecule has 2 nitrogen and oxygen atoms in total. The van der Waals surface area contributed by atoms with E-state index >= 15 is 0 Å². The number of rotatable bonds is 4. The summed E-state index contributed by atoms with van der Waals surface area (Å²) >= 11 is 1.68. The second-order valence-corrected chi connectivity index (χ2v) is 8.52. The third-order valence-corrected chi connectivity index (χ3v) is 6.42. The van der Waals surface area contributed by atoms with Crippen LogP contribution in [0.5, 0.6) is 0 Å². The molecule has 1 aliphatic carbocycles. The van der Waals surface area contributed by atoms with E-state index in [1.807, 2.05) is 0 Å². The van der Waals surface area contributed by atoms with Crippen LogP contribution < -0.4 is 0 Å². The molecule has 0 saturated heterocycles. The summed E-state index contributed by atoms with van der Waals surface area (Å²) in [6, 6.07) is 19.6. The first-order chi connectivity index (χ1) is 13.7. The Balaban J connectivity index is 1.77. The molecule has 0 spiro atoms. The molecule has 1 heterocycles. The van der Waals surface area contributed by atoms with Gasteiger partial charge >= 0.3 is 0 Å². The third kappa shape index (κ3) is 3.84. The minimum Gasteiger partial charge on any atom is -0.240 e. The Morgan fingerprint density at radius 1 is 0.964 bits per heavy atom. The largest absolute Gasteiger partial charge is 0.240 e. The van der Waals surface area contributed by atoms with Crippen LogP contribution in [0.1, 0.15) is 46.2 Å². The summed E-state index contributed by atoms with van der Waals surface area (Å²) in [5.41, 5.74) is 9.31. The van der Waals surface area contributed by atoms with Crippen molar-refractivity contribution in [2.45, 2.75) is 50.3 Å². The minimum absolute atomic E-state index is 0.795. The Hall–Kier alpha value is -2.57. The lowest BCUT2D eigenvalue weighted by molar-refractivity contribution is 0.677. The lowest BCUT2D eigenvalue weighted by Crippen LogP contribution is -2.10. The Kier molecular flexibility index (Phi) is 5.50. The van der Waals surface area contributed by atoms with Gasteiger partial charge in [-0.1, -0.05) is 59.7 Å². The molecule has 28 heavy (non-hydrogen) atoms. The molecule has 0 fully saturated rings. The van der Waals surface area contributed by atoms with Gasteiger partial charge in [0.25, 0.3) is 0 Å². The molecule has 3 heteroatoms. The Morgan fingerprint density at radius 3 is 2.43 bits per heavy atom. The van der Waals surface area contributed by atoms with Gasteiger partial charge in [-0.3, -0.25) is 0 Å². The van der Waals surface area contributed by atoms with Gasteiger partial charge in [0.15, 0.2) is 0 Å². The highest BCUT2D eigenvalue weighted by molar-refractivity contribution is 7.98. The predicted molar refractivity (Wildman–Crippen MR) is 117 cm³/mol. The van der Waals surface area contributed by atoms with Gasteiger partial charge in [0.05, 0.1) is 11.3 Å². The first-order valence-electron chi connectivity index (χ1n) is 9.87. The summed E-state index contributed by atoms with van der Waals surface area (Å²) in [5.74, 6) is 0.829. The summed E-state index contributed by atoms with van der Waals surface area (Å²) < 4.78 is 0. The standard InChI is InChI=1S/C25H24N2S/c1-17-10-12-20(13-11-17)24-22-9-4-3-8-21(22)23(15-26)25(27-24)28-16-19-7-5-6-18(2)14-19/h5-7,10-14H,3-4,8-9,16H2,1-2H3. The number of benzene rings is 2. The molecular weight excluding hydrogens is 360 g/mol. The first-order valence-corrected chi connectivity index (χ1v) is 10.9. The number of aryl methyl sites for hydroxylation is 2. The highest BCUT2D eigenvalue weighted by Gasteiger charge is 2.23. The van der Waals surface area contributed by atoms with Crippen molar-refractivity contribution in [1.82, 2.24) is 4.98 Å². The number of hydrogen-bond donors (Lipinski definition) is 0. The van der Waals surface area contributed by atoms with Crippen molar-refractivity contribution in [3.05, 3.63) is 81.9 Å². The molecule has 0 radical (unpaired) electrons. The van der Waals surface area contributed by atoms with E-state index in [1.54, 1.807) is 11.8 Å². The molecule has 4 rings (SSSR count). The second-order valence-electron chi connectivity index (χ2n) is 7.56. The predicted octanol–water partition coefficient (Wildman–Crippen LogP) is 6.41. The summed E-state index contributed by atoms with van der Waals surface area (Å²) in [7, 11) is 0. The number of hydrogen-bond acceptors (Lipinski definition) is 3. The molecule has 0 unspecified atom stereocenters. The van der Waals surface area contributed by atoms with Gasteiger partial charge in [0.2, 0.25) is 0 Å². The van der Waals surface area contributed by atoms with Gasteiger partial charge in [0, 0.05) is 11.3 Å². The van der Waals surface area contributed by atoms with Crippen LogP contribution in [0.2, 0.25) is 0 Å². The van der Waals surface area contributed by atoms with Crippen LogP contribution in [0.4, 0.5) is 0 Å². The molecule has 3 aromatic rings. The zero-order chi connectivity index (χ0) is 19.5. The lowest BCUT2D eigenvalue weighted by Gasteiger charge is -2.22. The number of thioether (sulfide) groups is 1. The molecular formula is C25H24N2S. The van der Waals surface area contributed by atoms with E-state index in [1.165, 1.54) is 34.2 Å².